The molecule has 2 rings (SSSR count). The minimum atomic E-state index is -0.331. The van der Waals surface area contributed by atoms with E-state index in [4.69, 9.17) is 0 Å². The van der Waals surface area contributed by atoms with Crippen molar-refractivity contribution >= 4 is 0 Å². The van der Waals surface area contributed by atoms with E-state index in [0.29, 0.717) is 17.9 Å². The summed E-state index contributed by atoms with van der Waals surface area (Å²) in [7, 11) is 0. The summed E-state index contributed by atoms with van der Waals surface area (Å²) < 4.78 is 15.2. The maximum atomic E-state index is 13.6. The summed E-state index contributed by atoms with van der Waals surface area (Å²) in [5, 5.41) is 0. The molecule has 0 aliphatic rings. The zero-order valence-corrected chi connectivity index (χ0v) is 8.85. The van der Waals surface area contributed by atoms with Gasteiger partial charge in [0.2, 0.25) is 0 Å². The van der Waals surface area contributed by atoms with Gasteiger partial charge in [-0.05, 0) is 12.1 Å². The molecule has 0 saturated carbocycles. The number of hydrogen-bond acceptors (Lipinski definition) is 2. The SMILES string of the molecule is CCc1nc(=O)ccn1-c1ccccc1F. The Hall–Kier alpha value is -1.97. The van der Waals surface area contributed by atoms with Crippen molar-refractivity contribution in [3.8, 4) is 5.69 Å². The van der Waals surface area contributed by atoms with E-state index >= 15 is 0 Å². The second-order valence-electron chi connectivity index (χ2n) is 3.36. The van der Waals surface area contributed by atoms with Gasteiger partial charge in [0.1, 0.15) is 11.6 Å². The van der Waals surface area contributed by atoms with Crippen molar-refractivity contribution in [2.24, 2.45) is 0 Å². The fraction of sp³-hybridized carbons (Fsp3) is 0.167. The Morgan fingerprint density at radius 1 is 1.31 bits per heavy atom. The van der Waals surface area contributed by atoms with Crippen molar-refractivity contribution in [3.05, 3.63) is 58.5 Å². The number of para-hydroxylation sites is 1. The number of halogens is 1. The summed E-state index contributed by atoms with van der Waals surface area (Å²) in [6, 6.07) is 7.73. The summed E-state index contributed by atoms with van der Waals surface area (Å²) in [5.41, 5.74) is 0.108. The van der Waals surface area contributed by atoms with E-state index in [0.717, 1.165) is 0 Å². The van der Waals surface area contributed by atoms with Crippen LogP contribution >= 0.6 is 0 Å². The molecule has 2 aromatic rings. The fourth-order valence-corrected chi connectivity index (χ4v) is 1.56. The van der Waals surface area contributed by atoms with Gasteiger partial charge >= 0.3 is 0 Å². The first-order valence-corrected chi connectivity index (χ1v) is 5.06. The van der Waals surface area contributed by atoms with Crippen molar-refractivity contribution in [1.82, 2.24) is 9.55 Å². The zero-order valence-electron chi connectivity index (χ0n) is 8.85. The van der Waals surface area contributed by atoms with Gasteiger partial charge < -0.3 is 4.57 Å². The van der Waals surface area contributed by atoms with E-state index in [-0.39, 0.29) is 11.4 Å². The molecular weight excluding hydrogens is 207 g/mol. The van der Waals surface area contributed by atoms with Crippen molar-refractivity contribution in [2.45, 2.75) is 13.3 Å². The first kappa shape index (κ1) is 10.5. The molecule has 3 nitrogen and oxygen atoms in total. The topological polar surface area (TPSA) is 34.9 Å². The predicted octanol–water partition coefficient (Wildman–Crippen LogP) is 1.93. The summed E-state index contributed by atoms with van der Waals surface area (Å²) >= 11 is 0. The van der Waals surface area contributed by atoms with E-state index in [9.17, 15) is 9.18 Å². The zero-order chi connectivity index (χ0) is 11.5. The van der Waals surface area contributed by atoms with Crippen LogP contribution in [0.3, 0.4) is 0 Å². The number of nitrogens with zero attached hydrogens (tertiary/aromatic N) is 2. The van der Waals surface area contributed by atoms with Crippen LogP contribution in [-0.2, 0) is 6.42 Å². The van der Waals surface area contributed by atoms with Gasteiger partial charge in [-0.3, -0.25) is 4.79 Å². The third-order valence-corrected chi connectivity index (χ3v) is 2.31. The van der Waals surface area contributed by atoms with E-state index < -0.39 is 0 Å². The van der Waals surface area contributed by atoms with Crippen LogP contribution in [0.5, 0.6) is 0 Å². The molecule has 0 aliphatic heterocycles. The highest BCUT2D eigenvalue weighted by Crippen LogP contribution is 2.13. The molecule has 0 aliphatic carbocycles. The summed E-state index contributed by atoms with van der Waals surface area (Å²) in [4.78, 5) is 14.9. The Kier molecular flexibility index (Phi) is 2.81. The van der Waals surface area contributed by atoms with E-state index in [1.54, 1.807) is 29.0 Å². The van der Waals surface area contributed by atoms with Crippen molar-refractivity contribution in [3.63, 3.8) is 0 Å². The third kappa shape index (κ3) is 1.86. The molecule has 16 heavy (non-hydrogen) atoms. The number of rotatable bonds is 2. The molecule has 0 saturated heterocycles. The van der Waals surface area contributed by atoms with Gasteiger partial charge in [-0.25, -0.2) is 4.39 Å². The lowest BCUT2D eigenvalue weighted by molar-refractivity contribution is 0.612. The number of hydrogen-bond donors (Lipinski definition) is 0. The van der Waals surface area contributed by atoms with Crippen molar-refractivity contribution < 1.29 is 4.39 Å². The molecule has 0 atom stereocenters. The lowest BCUT2D eigenvalue weighted by atomic mass is 10.3. The molecule has 1 heterocycles. The average Bonchev–Trinajstić information content (AvgIpc) is 2.30. The van der Waals surface area contributed by atoms with Crippen LogP contribution in [0.1, 0.15) is 12.7 Å². The minimum Gasteiger partial charge on any atom is -0.302 e. The minimum absolute atomic E-state index is 0.301. The Morgan fingerprint density at radius 3 is 2.75 bits per heavy atom. The van der Waals surface area contributed by atoms with Gasteiger partial charge in [0.25, 0.3) is 5.56 Å². The quantitative estimate of drug-likeness (QED) is 0.772. The van der Waals surface area contributed by atoms with Crippen LogP contribution < -0.4 is 5.56 Å². The normalized spacial score (nSPS) is 10.4. The maximum absolute atomic E-state index is 13.6. The lowest BCUT2D eigenvalue weighted by Gasteiger charge is -2.11. The second-order valence-corrected chi connectivity index (χ2v) is 3.36. The molecule has 4 heteroatoms. The largest absolute Gasteiger partial charge is 0.302 e. The highest BCUT2D eigenvalue weighted by Gasteiger charge is 2.06. The molecule has 0 radical (unpaired) electrons. The Labute approximate surface area is 92.2 Å². The monoisotopic (exact) mass is 218 g/mol. The lowest BCUT2D eigenvalue weighted by Crippen LogP contribution is -2.15. The van der Waals surface area contributed by atoms with E-state index in [1.165, 1.54) is 12.1 Å². The second kappa shape index (κ2) is 4.26. The molecule has 0 N–H and O–H groups in total. The van der Waals surface area contributed by atoms with Crippen molar-refractivity contribution in [1.29, 1.82) is 0 Å². The molecule has 1 aromatic carbocycles. The van der Waals surface area contributed by atoms with Crippen LogP contribution in [0, 0.1) is 5.82 Å². The highest BCUT2D eigenvalue weighted by molar-refractivity contribution is 5.34. The standard InChI is InChI=1S/C12H11FN2O/c1-2-11-14-12(16)7-8-15(11)10-6-4-3-5-9(10)13/h3-8H,2H2,1H3. The maximum Gasteiger partial charge on any atom is 0.272 e. The van der Waals surface area contributed by atoms with Crippen LogP contribution in [0.4, 0.5) is 4.39 Å². The van der Waals surface area contributed by atoms with Crippen molar-refractivity contribution in [2.75, 3.05) is 0 Å². The van der Waals surface area contributed by atoms with Crippen LogP contribution in [0.2, 0.25) is 0 Å². The fourth-order valence-electron chi connectivity index (χ4n) is 1.56. The molecule has 0 spiro atoms. The van der Waals surface area contributed by atoms with Gasteiger partial charge in [-0.15, -0.1) is 0 Å². The van der Waals surface area contributed by atoms with Crippen LogP contribution in [0.25, 0.3) is 5.69 Å². The average molecular weight is 218 g/mol. The Bertz CT molecular complexity index is 563. The van der Waals surface area contributed by atoms with Gasteiger partial charge in [0.05, 0.1) is 5.69 Å². The molecule has 82 valence electrons. The predicted molar refractivity (Wildman–Crippen MR) is 59.2 cm³/mol. The van der Waals surface area contributed by atoms with E-state index in [1.807, 2.05) is 6.92 Å². The molecule has 0 unspecified atom stereocenters. The third-order valence-electron chi connectivity index (χ3n) is 2.31. The smallest absolute Gasteiger partial charge is 0.272 e. The van der Waals surface area contributed by atoms with Gasteiger partial charge in [-0.2, -0.15) is 4.98 Å². The van der Waals surface area contributed by atoms with Crippen LogP contribution in [-0.4, -0.2) is 9.55 Å². The molecule has 1 aromatic heterocycles. The Morgan fingerprint density at radius 2 is 2.06 bits per heavy atom. The number of aryl methyl sites for hydroxylation is 1. The molecule has 0 amide bonds. The molecular formula is C12H11FN2O. The molecule has 0 bridgehead atoms. The molecule has 0 fully saturated rings. The number of aromatic nitrogens is 2. The first-order chi connectivity index (χ1) is 7.72. The number of benzene rings is 1. The Balaban J connectivity index is 2.65. The van der Waals surface area contributed by atoms with E-state index in [2.05, 4.69) is 4.98 Å². The van der Waals surface area contributed by atoms with Gasteiger partial charge in [-0.1, -0.05) is 19.1 Å². The highest BCUT2D eigenvalue weighted by atomic mass is 19.1. The van der Waals surface area contributed by atoms with Gasteiger partial charge in [0.15, 0.2) is 0 Å². The summed E-state index contributed by atoms with van der Waals surface area (Å²) in [5.74, 6) is 0.222. The summed E-state index contributed by atoms with van der Waals surface area (Å²) in [6.07, 6.45) is 2.12. The summed E-state index contributed by atoms with van der Waals surface area (Å²) in [6.45, 7) is 1.87. The van der Waals surface area contributed by atoms with Gasteiger partial charge in [0, 0.05) is 18.7 Å². The first-order valence-electron chi connectivity index (χ1n) is 5.06. The van der Waals surface area contributed by atoms with Crippen LogP contribution in [0.15, 0.2) is 41.3 Å².